The number of phenolic OH excluding ortho intramolecular Hbond substituents is 1. The van der Waals surface area contributed by atoms with Crippen LogP contribution < -0.4 is 0 Å². The normalized spacial score (nSPS) is 11.7. The standard InChI is InChI=1S/C23H31NO2/c1-3-4-5-6-7-8-10-15-20-16-18(2)17-21(23(20)25)22(24-26)19-13-11-9-12-14-19/h9,11-14,16-17,25-26H,3-8,10,15H2,1-2H3/b24-22+. The SMILES string of the molecule is CCCCCCCCCc1cc(C)cc(/C(=N/O)c2ccccc2)c1O. The van der Waals surface area contributed by atoms with Crippen LogP contribution >= 0.6 is 0 Å². The number of aryl methyl sites for hydroxylation is 2. The summed E-state index contributed by atoms with van der Waals surface area (Å²) in [5.41, 5.74) is 3.79. The van der Waals surface area contributed by atoms with Gasteiger partial charge in [-0.15, -0.1) is 0 Å². The first-order valence-electron chi connectivity index (χ1n) is 9.77. The average molecular weight is 354 g/mol. The number of hydrogen-bond acceptors (Lipinski definition) is 3. The molecule has 0 aliphatic rings. The third-order valence-electron chi connectivity index (χ3n) is 4.79. The molecule has 0 heterocycles. The molecule has 3 nitrogen and oxygen atoms in total. The van der Waals surface area contributed by atoms with Crippen LogP contribution in [-0.2, 0) is 6.42 Å². The van der Waals surface area contributed by atoms with Crippen molar-refractivity contribution in [2.75, 3.05) is 0 Å². The van der Waals surface area contributed by atoms with E-state index in [-0.39, 0.29) is 5.75 Å². The highest BCUT2D eigenvalue weighted by molar-refractivity contribution is 6.14. The minimum absolute atomic E-state index is 0.234. The number of nitrogens with zero attached hydrogens (tertiary/aromatic N) is 1. The zero-order chi connectivity index (χ0) is 18.8. The summed E-state index contributed by atoms with van der Waals surface area (Å²) in [4.78, 5) is 0. The van der Waals surface area contributed by atoms with Crippen LogP contribution in [0, 0.1) is 6.92 Å². The van der Waals surface area contributed by atoms with Crippen LogP contribution in [0.15, 0.2) is 47.6 Å². The molecule has 0 bridgehead atoms. The van der Waals surface area contributed by atoms with Gasteiger partial charge in [0.1, 0.15) is 11.5 Å². The molecule has 140 valence electrons. The van der Waals surface area contributed by atoms with Crippen molar-refractivity contribution in [3.8, 4) is 5.75 Å². The molecule has 26 heavy (non-hydrogen) atoms. The fourth-order valence-electron chi connectivity index (χ4n) is 3.36. The van der Waals surface area contributed by atoms with Gasteiger partial charge in [0.05, 0.1) is 0 Å². The Morgan fingerprint density at radius 1 is 0.923 bits per heavy atom. The second-order valence-corrected chi connectivity index (χ2v) is 7.01. The van der Waals surface area contributed by atoms with E-state index in [1.807, 2.05) is 49.4 Å². The van der Waals surface area contributed by atoms with Gasteiger partial charge in [-0.1, -0.05) is 87.0 Å². The minimum atomic E-state index is 0.234. The zero-order valence-electron chi connectivity index (χ0n) is 16.0. The number of rotatable bonds is 10. The first-order chi connectivity index (χ1) is 12.7. The summed E-state index contributed by atoms with van der Waals surface area (Å²) in [5, 5.41) is 23.8. The Kier molecular flexibility index (Phi) is 8.20. The molecule has 0 aliphatic heterocycles. The van der Waals surface area contributed by atoms with Crippen LogP contribution in [0.4, 0.5) is 0 Å². The average Bonchev–Trinajstić information content (AvgIpc) is 2.65. The van der Waals surface area contributed by atoms with E-state index in [4.69, 9.17) is 0 Å². The maximum atomic E-state index is 10.8. The Morgan fingerprint density at radius 2 is 1.58 bits per heavy atom. The zero-order valence-corrected chi connectivity index (χ0v) is 16.0. The molecule has 0 saturated carbocycles. The van der Waals surface area contributed by atoms with Crippen LogP contribution in [0.25, 0.3) is 0 Å². The quantitative estimate of drug-likeness (QED) is 0.230. The van der Waals surface area contributed by atoms with E-state index in [0.717, 1.165) is 29.5 Å². The third-order valence-corrected chi connectivity index (χ3v) is 4.79. The molecule has 0 spiro atoms. The van der Waals surface area contributed by atoms with Gasteiger partial charge >= 0.3 is 0 Å². The van der Waals surface area contributed by atoms with Crippen molar-refractivity contribution in [1.82, 2.24) is 0 Å². The Balaban J connectivity index is 2.08. The Hall–Kier alpha value is -2.29. The van der Waals surface area contributed by atoms with Crippen molar-refractivity contribution >= 4 is 5.71 Å². The third kappa shape index (κ3) is 5.62. The van der Waals surface area contributed by atoms with E-state index in [0.29, 0.717) is 11.3 Å². The molecule has 0 amide bonds. The van der Waals surface area contributed by atoms with Crippen LogP contribution in [0.3, 0.4) is 0 Å². The second-order valence-electron chi connectivity index (χ2n) is 7.01. The molecule has 0 saturated heterocycles. The van der Waals surface area contributed by atoms with Gasteiger partial charge in [0.15, 0.2) is 0 Å². The molecule has 0 aliphatic carbocycles. The van der Waals surface area contributed by atoms with Gasteiger partial charge in [0.2, 0.25) is 0 Å². The van der Waals surface area contributed by atoms with Gasteiger partial charge in [-0.05, 0) is 37.0 Å². The van der Waals surface area contributed by atoms with Crippen molar-refractivity contribution in [2.45, 2.75) is 65.2 Å². The Labute approximate surface area is 157 Å². The van der Waals surface area contributed by atoms with Crippen molar-refractivity contribution < 1.29 is 10.3 Å². The summed E-state index contributed by atoms with van der Waals surface area (Å²) < 4.78 is 0. The summed E-state index contributed by atoms with van der Waals surface area (Å²) in [5.74, 6) is 0.234. The summed E-state index contributed by atoms with van der Waals surface area (Å²) in [6.07, 6.45) is 9.58. The predicted molar refractivity (Wildman–Crippen MR) is 108 cm³/mol. The molecule has 2 rings (SSSR count). The Bertz CT molecular complexity index is 708. The lowest BCUT2D eigenvalue weighted by molar-refractivity contribution is 0.319. The molecule has 0 fully saturated rings. The molecule has 2 N–H and O–H groups in total. The number of hydrogen-bond donors (Lipinski definition) is 2. The highest BCUT2D eigenvalue weighted by Crippen LogP contribution is 2.29. The largest absolute Gasteiger partial charge is 0.507 e. The number of oxime groups is 1. The molecule has 3 heteroatoms. The second kappa shape index (κ2) is 10.6. The first-order valence-corrected chi connectivity index (χ1v) is 9.77. The van der Waals surface area contributed by atoms with Gasteiger partial charge < -0.3 is 10.3 Å². The molecular formula is C23H31NO2. The van der Waals surface area contributed by atoms with Crippen molar-refractivity contribution in [3.63, 3.8) is 0 Å². The van der Waals surface area contributed by atoms with Gasteiger partial charge in [-0.25, -0.2) is 0 Å². The Morgan fingerprint density at radius 3 is 2.23 bits per heavy atom. The van der Waals surface area contributed by atoms with Crippen LogP contribution in [0.2, 0.25) is 0 Å². The van der Waals surface area contributed by atoms with Crippen molar-refractivity contribution in [3.05, 3.63) is 64.7 Å². The van der Waals surface area contributed by atoms with E-state index in [2.05, 4.69) is 12.1 Å². The molecule has 2 aromatic carbocycles. The number of unbranched alkanes of at least 4 members (excludes halogenated alkanes) is 6. The lowest BCUT2D eigenvalue weighted by Crippen LogP contribution is -2.06. The van der Waals surface area contributed by atoms with Crippen LogP contribution in [-0.4, -0.2) is 16.0 Å². The lowest BCUT2D eigenvalue weighted by atomic mass is 9.94. The number of phenols is 1. The summed E-state index contributed by atoms with van der Waals surface area (Å²) in [6, 6.07) is 13.4. The summed E-state index contributed by atoms with van der Waals surface area (Å²) in [6.45, 7) is 4.24. The molecule has 0 radical (unpaired) electrons. The van der Waals surface area contributed by atoms with Gasteiger partial charge in [-0.2, -0.15) is 0 Å². The number of aromatic hydroxyl groups is 1. The lowest BCUT2D eigenvalue weighted by Gasteiger charge is -2.13. The predicted octanol–water partition coefficient (Wildman–Crippen LogP) is 6.22. The van der Waals surface area contributed by atoms with E-state index >= 15 is 0 Å². The maximum absolute atomic E-state index is 10.8. The van der Waals surface area contributed by atoms with Gasteiger partial charge in [-0.3, -0.25) is 0 Å². The van der Waals surface area contributed by atoms with Crippen LogP contribution in [0.1, 0.15) is 74.1 Å². The van der Waals surface area contributed by atoms with Gasteiger partial charge in [0, 0.05) is 11.1 Å². The van der Waals surface area contributed by atoms with Crippen molar-refractivity contribution in [1.29, 1.82) is 0 Å². The topological polar surface area (TPSA) is 52.8 Å². The van der Waals surface area contributed by atoms with Crippen LogP contribution in [0.5, 0.6) is 5.75 Å². The summed E-state index contributed by atoms with van der Waals surface area (Å²) in [7, 11) is 0. The molecule has 2 aromatic rings. The van der Waals surface area contributed by atoms with E-state index in [1.165, 1.54) is 38.5 Å². The molecular weight excluding hydrogens is 322 g/mol. The fraction of sp³-hybridized carbons (Fsp3) is 0.435. The molecule has 0 atom stereocenters. The molecule has 0 unspecified atom stereocenters. The monoisotopic (exact) mass is 353 g/mol. The fourth-order valence-corrected chi connectivity index (χ4v) is 3.36. The van der Waals surface area contributed by atoms with E-state index in [1.54, 1.807) is 0 Å². The summed E-state index contributed by atoms with van der Waals surface area (Å²) >= 11 is 0. The maximum Gasteiger partial charge on any atom is 0.128 e. The smallest absolute Gasteiger partial charge is 0.128 e. The van der Waals surface area contributed by atoms with E-state index < -0.39 is 0 Å². The number of benzene rings is 2. The first kappa shape index (κ1) is 20.0. The molecule has 0 aromatic heterocycles. The highest BCUT2D eigenvalue weighted by Gasteiger charge is 2.16. The van der Waals surface area contributed by atoms with Crippen molar-refractivity contribution in [2.24, 2.45) is 5.16 Å². The van der Waals surface area contributed by atoms with E-state index in [9.17, 15) is 10.3 Å². The van der Waals surface area contributed by atoms with Gasteiger partial charge in [0.25, 0.3) is 0 Å². The minimum Gasteiger partial charge on any atom is -0.507 e. The highest BCUT2D eigenvalue weighted by atomic mass is 16.4.